The highest BCUT2D eigenvalue weighted by molar-refractivity contribution is 5.62. The molecular formula is C15H24N2O3. The molecule has 2 unspecified atom stereocenters. The van der Waals surface area contributed by atoms with Gasteiger partial charge >= 0.3 is 0 Å². The predicted octanol–water partition coefficient (Wildman–Crippen LogP) is 1.64. The number of morpholine rings is 1. The molecule has 0 amide bonds. The summed E-state index contributed by atoms with van der Waals surface area (Å²) < 4.78 is 11.3. The molecule has 0 aliphatic carbocycles. The van der Waals surface area contributed by atoms with E-state index < -0.39 is 0 Å². The van der Waals surface area contributed by atoms with E-state index in [1.807, 2.05) is 25.1 Å². The normalized spacial score (nSPS) is 22.9. The van der Waals surface area contributed by atoms with Crippen LogP contribution >= 0.6 is 0 Å². The lowest BCUT2D eigenvalue weighted by Crippen LogP contribution is -2.48. The number of nitrogen functional groups attached to an aromatic ring is 1. The van der Waals surface area contributed by atoms with Crippen molar-refractivity contribution < 1.29 is 14.6 Å². The summed E-state index contributed by atoms with van der Waals surface area (Å²) in [6, 6.07) is 5.83. The minimum atomic E-state index is -0.142. The van der Waals surface area contributed by atoms with E-state index in [-0.39, 0.29) is 18.8 Å². The molecule has 2 rings (SSSR count). The van der Waals surface area contributed by atoms with Gasteiger partial charge in [-0.1, -0.05) is 6.92 Å². The Hall–Kier alpha value is -1.46. The van der Waals surface area contributed by atoms with Crippen molar-refractivity contribution in [3.05, 3.63) is 18.2 Å². The molecular weight excluding hydrogens is 256 g/mol. The average Bonchev–Trinajstić information content (AvgIpc) is 2.45. The van der Waals surface area contributed by atoms with Crippen LogP contribution in [-0.4, -0.2) is 43.6 Å². The van der Waals surface area contributed by atoms with Crippen molar-refractivity contribution in [2.45, 2.75) is 32.5 Å². The lowest BCUT2D eigenvalue weighted by atomic mass is 10.1. The van der Waals surface area contributed by atoms with Gasteiger partial charge in [0.2, 0.25) is 0 Å². The van der Waals surface area contributed by atoms with E-state index in [1.165, 1.54) is 0 Å². The number of aliphatic hydroxyl groups excluding tert-OH is 1. The third-order valence-corrected chi connectivity index (χ3v) is 3.35. The van der Waals surface area contributed by atoms with E-state index >= 15 is 0 Å². The fourth-order valence-electron chi connectivity index (χ4n) is 2.41. The van der Waals surface area contributed by atoms with Gasteiger partial charge in [0.05, 0.1) is 31.1 Å². The third kappa shape index (κ3) is 3.55. The molecule has 20 heavy (non-hydrogen) atoms. The lowest BCUT2D eigenvalue weighted by Gasteiger charge is -2.37. The SMILES string of the molecule is CCCOc1cc(N2CC(C)OC(CO)C2)ccc1N. The van der Waals surface area contributed by atoms with Gasteiger partial charge in [-0.25, -0.2) is 0 Å². The third-order valence-electron chi connectivity index (χ3n) is 3.35. The van der Waals surface area contributed by atoms with Crippen molar-refractivity contribution in [1.29, 1.82) is 0 Å². The van der Waals surface area contributed by atoms with Gasteiger partial charge in [-0.2, -0.15) is 0 Å². The number of anilines is 2. The number of nitrogens with two attached hydrogens (primary N) is 1. The fourth-order valence-corrected chi connectivity index (χ4v) is 2.41. The topological polar surface area (TPSA) is 68.0 Å². The first-order valence-corrected chi connectivity index (χ1v) is 7.17. The van der Waals surface area contributed by atoms with E-state index in [0.29, 0.717) is 18.8 Å². The Bertz CT molecular complexity index is 439. The van der Waals surface area contributed by atoms with Crippen molar-refractivity contribution in [3.63, 3.8) is 0 Å². The maximum absolute atomic E-state index is 9.29. The summed E-state index contributed by atoms with van der Waals surface area (Å²) in [6.45, 7) is 6.25. The number of benzene rings is 1. The maximum Gasteiger partial charge on any atom is 0.144 e. The summed E-state index contributed by atoms with van der Waals surface area (Å²) in [5, 5.41) is 9.29. The summed E-state index contributed by atoms with van der Waals surface area (Å²) in [7, 11) is 0. The van der Waals surface area contributed by atoms with E-state index in [9.17, 15) is 5.11 Å². The molecule has 1 aliphatic rings. The number of aliphatic hydroxyl groups is 1. The van der Waals surface area contributed by atoms with Crippen molar-refractivity contribution in [1.82, 2.24) is 0 Å². The van der Waals surface area contributed by atoms with Crippen LogP contribution in [0.2, 0.25) is 0 Å². The van der Waals surface area contributed by atoms with Crippen molar-refractivity contribution in [2.75, 3.05) is 36.9 Å². The molecule has 5 heteroatoms. The van der Waals surface area contributed by atoms with Crippen LogP contribution in [-0.2, 0) is 4.74 Å². The molecule has 1 saturated heterocycles. The quantitative estimate of drug-likeness (QED) is 0.803. The smallest absolute Gasteiger partial charge is 0.144 e. The molecule has 112 valence electrons. The molecule has 1 fully saturated rings. The molecule has 1 aromatic carbocycles. The average molecular weight is 280 g/mol. The Balaban J connectivity index is 2.14. The monoisotopic (exact) mass is 280 g/mol. The van der Waals surface area contributed by atoms with Gasteiger partial charge in [0, 0.05) is 24.8 Å². The fraction of sp³-hybridized carbons (Fsp3) is 0.600. The lowest BCUT2D eigenvalue weighted by molar-refractivity contribution is -0.0421. The molecule has 1 aliphatic heterocycles. The highest BCUT2D eigenvalue weighted by Crippen LogP contribution is 2.29. The van der Waals surface area contributed by atoms with Gasteiger partial charge < -0.3 is 25.2 Å². The minimum absolute atomic E-state index is 0.0367. The van der Waals surface area contributed by atoms with Crippen LogP contribution in [0.3, 0.4) is 0 Å². The highest BCUT2D eigenvalue weighted by Gasteiger charge is 2.25. The summed E-state index contributed by atoms with van der Waals surface area (Å²) in [6.07, 6.45) is 0.903. The van der Waals surface area contributed by atoms with Gasteiger partial charge in [-0.15, -0.1) is 0 Å². The Labute approximate surface area is 120 Å². The van der Waals surface area contributed by atoms with Gasteiger partial charge in [0.25, 0.3) is 0 Å². The molecule has 1 heterocycles. The van der Waals surface area contributed by atoms with Gasteiger partial charge in [-0.3, -0.25) is 0 Å². The first-order chi connectivity index (χ1) is 9.63. The Morgan fingerprint density at radius 2 is 2.25 bits per heavy atom. The van der Waals surface area contributed by atoms with Crippen molar-refractivity contribution in [2.24, 2.45) is 0 Å². The molecule has 0 spiro atoms. The molecule has 1 aromatic rings. The zero-order valence-electron chi connectivity index (χ0n) is 12.2. The van der Waals surface area contributed by atoms with E-state index in [1.54, 1.807) is 0 Å². The van der Waals surface area contributed by atoms with Crippen LogP contribution in [0.4, 0.5) is 11.4 Å². The molecule has 0 bridgehead atoms. The first kappa shape index (κ1) is 14.9. The summed E-state index contributed by atoms with van der Waals surface area (Å²) in [5.74, 6) is 0.726. The predicted molar refractivity (Wildman–Crippen MR) is 80.3 cm³/mol. The van der Waals surface area contributed by atoms with Gasteiger partial charge in [0.15, 0.2) is 0 Å². The molecule has 0 aromatic heterocycles. The zero-order chi connectivity index (χ0) is 14.5. The maximum atomic E-state index is 9.29. The van der Waals surface area contributed by atoms with E-state index in [2.05, 4.69) is 11.8 Å². The molecule has 2 atom stereocenters. The minimum Gasteiger partial charge on any atom is -0.491 e. The summed E-state index contributed by atoms with van der Waals surface area (Å²) in [5.41, 5.74) is 7.64. The second kappa shape index (κ2) is 6.81. The second-order valence-electron chi connectivity index (χ2n) is 5.23. The van der Waals surface area contributed by atoms with Crippen LogP contribution in [0.1, 0.15) is 20.3 Å². The largest absolute Gasteiger partial charge is 0.491 e. The standard InChI is InChI=1S/C15H24N2O3/c1-3-6-19-15-7-12(4-5-14(15)16)17-8-11(2)20-13(9-17)10-18/h4-5,7,11,13,18H,3,6,8-10,16H2,1-2H3. The van der Waals surface area contributed by atoms with Gasteiger partial charge in [-0.05, 0) is 25.5 Å². The van der Waals surface area contributed by atoms with Crippen LogP contribution in [0.5, 0.6) is 5.75 Å². The Morgan fingerprint density at radius 3 is 2.95 bits per heavy atom. The molecule has 5 nitrogen and oxygen atoms in total. The number of nitrogens with zero attached hydrogens (tertiary/aromatic N) is 1. The van der Waals surface area contributed by atoms with E-state index in [4.69, 9.17) is 15.2 Å². The van der Waals surface area contributed by atoms with Crippen molar-refractivity contribution >= 4 is 11.4 Å². The molecule has 3 N–H and O–H groups in total. The van der Waals surface area contributed by atoms with Crippen molar-refractivity contribution in [3.8, 4) is 5.75 Å². The van der Waals surface area contributed by atoms with Crippen LogP contribution in [0.25, 0.3) is 0 Å². The Kier molecular flexibility index (Phi) is 5.09. The number of hydrogen-bond acceptors (Lipinski definition) is 5. The number of ether oxygens (including phenoxy) is 2. The first-order valence-electron chi connectivity index (χ1n) is 7.17. The molecule has 0 saturated carbocycles. The number of rotatable bonds is 5. The van der Waals surface area contributed by atoms with Crippen LogP contribution in [0.15, 0.2) is 18.2 Å². The van der Waals surface area contributed by atoms with Crippen LogP contribution in [0, 0.1) is 0 Å². The Morgan fingerprint density at radius 1 is 1.45 bits per heavy atom. The molecule has 0 radical (unpaired) electrons. The van der Waals surface area contributed by atoms with Crippen LogP contribution < -0.4 is 15.4 Å². The highest BCUT2D eigenvalue weighted by atomic mass is 16.5. The summed E-state index contributed by atoms with van der Waals surface area (Å²) >= 11 is 0. The second-order valence-corrected chi connectivity index (χ2v) is 5.23. The van der Waals surface area contributed by atoms with Gasteiger partial charge in [0.1, 0.15) is 5.75 Å². The number of hydrogen-bond donors (Lipinski definition) is 2. The van der Waals surface area contributed by atoms with E-state index in [0.717, 1.165) is 24.4 Å². The summed E-state index contributed by atoms with van der Waals surface area (Å²) in [4.78, 5) is 2.20. The zero-order valence-corrected chi connectivity index (χ0v) is 12.2.